The largest absolute Gasteiger partial charge is 0.353 e. The molecule has 2 saturated carbocycles. The second-order valence-electron chi connectivity index (χ2n) is 8.45. The van der Waals surface area contributed by atoms with Gasteiger partial charge in [-0.25, -0.2) is 0 Å². The highest BCUT2D eigenvalue weighted by Crippen LogP contribution is 2.29. The molecule has 0 saturated heterocycles. The normalized spacial score (nSPS) is 23.6. The molecular weight excluding hydrogens is 326 g/mol. The fourth-order valence-electron chi connectivity index (χ4n) is 4.18. The van der Waals surface area contributed by atoms with Crippen molar-refractivity contribution in [2.45, 2.75) is 84.1 Å². The van der Waals surface area contributed by atoms with E-state index in [1.54, 1.807) is 0 Å². The van der Waals surface area contributed by atoms with Crippen molar-refractivity contribution in [1.82, 2.24) is 10.2 Å². The van der Waals surface area contributed by atoms with Crippen molar-refractivity contribution in [2.24, 2.45) is 17.8 Å². The second kappa shape index (κ2) is 10.5. The molecule has 2 rings (SSSR count). The lowest BCUT2D eigenvalue weighted by molar-refractivity contribution is -0.136. The van der Waals surface area contributed by atoms with Gasteiger partial charge in [0.15, 0.2) is 0 Å². The van der Waals surface area contributed by atoms with E-state index >= 15 is 0 Å². The Labute approximate surface area is 158 Å². The van der Waals surface area contributed by atoms with E-state index in [0.717, 1.165) is 51.5 Å². The van der Waals surface area contributed by atoms with Gasteiger partial charge >= 0.3 is 0 Å². The zero-order valence-corrected chi connectivity index (χ0v) is 16.5. The van der Waals surface area contributed by atoms with Crippen molar-refractivity contribution >= 4 is 11.8 Å². The summed E-state index contributed by atoms with van der Waals surface area (Å²) in [6.07, 6.45) is 9.27. The maximum atomic E-state index is 12.9. The minimum absolute atomic E-state index is 0.0560. The first kappa shape index (κ1) is 20.7. The number of nitrogens with one attached hydrogen (secondary N) is 1. The number of rotatable bonds is 8. The molecule has 0 aromatic carbocycles. The van der Waals surface area contributed by atoms with Gasteiger partial charge in [0.25, 0.3) is 0 Å². The molecule has 146 valence electrons. The third-order valence-corrected chi connectivity index (χ3v) is 5.93. The first-order valence-electron chi connectivity index (χ1n) is 10.5. The molecule has 2 amide bonds. The van der Waals surface area contributed by atoms with Crippen molar-refractivity contribution in [3.63, 3.8) is 0 Å². The topological polar surface area (TPSA) is 73.2 Å². The Kier molecular flexibility index (Phi) is 8.41. The maximum Gasteiger partial charge on any atom is 0.225 e. The number of amides is 2. The van der Waals surface area contributed by atoms with Crippen LogP contribution in [-0.2, 0) is 9.59 Å². The molecule has 0 atom stereocenters. The van der Waals surface area contributed by atoms with Gasteiger partial charge in [0, 0.05) is 31.0 Å². The van der Waals surface area contributed by atoms with E-state index in [0.29, 0.717) is 18.9 Å². The minimum atomic E-state index is 0.0560. The van der Waals surface area contributed by atoms with Crippen LogP contribution >= 0.6 is 0 Å². The van der Waals surface area contributed by atoms with Gasteiger partial charge in [0.2, 0.25) is 11.8 Å². The number of carbonyl (C=O) groups is 2. The lowest BCUT2D eigenvalue weighted by Gasteiger charge is -2.33. The highest BCUT2D eigenvalue weighted by molar-refractivity contribution is 5.80. The number of carbonyl (C=O) groups excluding carboxylic acids is 2. The van der Waals surface area contributed by atoms with E-state index in [1.807, 2.05) is 4.90 Å². The van der Waals surface area contributed by atoms with Crippen LogP contribution in [0.4, 0.5) is 0 Å². The molecule has 0 unspecified atom stereocenters. The van der Waals surface area contributed by atoms with Crippen molar-refractivity contribution in [1.29, 1.82) is 5.26 Å². The van der Waals surface area contributed by atoms with Crippen LogP contribution in [-0.4, -0.2) is 35.8 Å². The standard InChI is InChI=1S/C21H35N3O2/c1-16(2)12-15-24(14-5-13-22)21(26)18-8-10-19(11-9-18)23-20(25)17-6-3-4-7-17/h16-19H,3-12,14-15H2,1-2H3,(H,23,25). The van der Waals surface area contributed by atoms with Crippen LogP contribution < -0.4 is 5.32 Å². The average Bonchev–Trinajstić information content (AvgIpc) is 3.16. The zero-order chi connectivity index (χ0) is 18.9. The van der Waals surface area contributed by atoms with E-state index in [-0.39, 0.29) is 29.7 Å². The number of hydrogen-bond donors (Lipinski definition) is 1. The Balaban J connectivity index is 1.79. The van der Waals surface area contributed by atoms with Crippen LogP contribution in [0.1, 0.15) is 78.1 Å². The summed E-state index contributed by atoms with van der Waals surface area (Å²) >= 11 is 0. The molecule has 26 heavy (non-hydrogen) atoms. The Hall–Kier alpha value is -1.57. The van der Waals surface area contributed by atoms with Crippen LogP contribution in [0, 0.1) is 29.1 Å². The van der Waals surface area contributed by atoms with Crippen molar-refractivity contribution in [2.75, 3.05) is 13.1 Å². The van der Waals surface area contributed by atoms with Gasteiger partial charge in [-0.3, -0.25) is 9.59 Å². The van der Waals surface area contributed by atoms with Gasteiger partial charge in [-0.2, -0.15) is 5.26 Å². The summed E-state index contributed by atoms with van der Waals surface area (Å²) in [7, 11) is 0. The van der Waals surface area contributed by atoms with E-state index in [1.165, 1.54) is 12.8 Å². The maximum absolute atomic E-state index is 12.9. The van der Waals surface area contributed by atoms with Gasteiger partial charge in [-0.15, -0.1) is 0 Å². The first-order chi connectivity index (χ1) is 12.5. The summed E-state index contributed by atoms with van der Waals surface area (Å²) < 4.78 is 0. The van der Waals surface area contributed by atoms with Gasteiger partial charge < -0.3 is 10.2 Å². The molecule has 0 spiro atoms. The third-order valence-electron chi connectivity index (χ3n) is 5.93. The predicted molar refractivity (Wildman–Crippen MR) is 102 cm³/mol. The Morgan fingerprint density at radius 1 is 1.04 bits per heavy atom. The summed E-state index contributed by atoms with van der Waals surface area (Å²) in [4.78, 5) is 27.1. The molecule has 5 heteroatoms. The van der Waals surface area contributed by atoms with Crippen LogP contribution in [0.2, 0.25) is 0 Å². The quantitative estimate of drug-likeness (QED) is 0.717. The zero-order valence-electron chi connectivity index (χ0n) is 16.5. The predicted octanol–water partition coefficient (Wildman–Crippen LogP) is 3.64. The summed E-state index contributed by atoms with van der Waals surface area (Å²) in [6.45, 7) is 5.60. The molecule has 2 aliphatic carbocycles. The van der Waals surface area contributed by atoms with E-state index < -0.39 is 0 Å². The molecule has 0 heterocycles. The first-order valence-corrected chi connectivity index (χ1v) is 10.5. The van der Waals surface area contributed by atoms with Crippen molar-refractivity contribution < 1.29 is 9.59 Å². The molecule has 2 aliphatic rings. The monoisotopic (exact) mass is 361 g/mol. The number of nitriles is 1. The van der Waals surface area contributed by atoms with Crippen molar-refractivity contribution in [3.8, 4) is 6.07 Å². The lowest BCUT2D eigenvalue weighted by Crippen LogP contribution is -2.44. The number of nitrogens with zero attached hydrogens (tertiary/aromatic N) is 2. The molecule has 0 aliphatic heterocycles. The Morgan fingerprint density at radius 3 is 2.27 bits per heavy atom. The van der Waals surface area contributed by atoms with E-state index in [4.69, 9.17) is 5.26 Å². The smallest absolute Gasteiger partial charge is 0.225 e. The van der Waals surface area contributed by atoms with Crippen LogP contribution in [0.15, 0.2) is 0 Å². The van der Waals surface area contributed by atoms with Gasteiger partial charge in [0.05, 0.1) is 12.5 Å². The van der Waals surface area contributed by atoms with E-state index in [2.05, 4.69) is 25.2 Å². The Bertz CT molecular complexity index is 498. The molecule has 0 bridgehead atoms. The van der Waals surface area contributed by atoms with Crippen LogP contribution in [0.25, 0.3) is 0 Å². The average molecular weight is 362 g/mol. The summed E-state index contributed by atoms with van der Waals surface area (Å²) in [5.41, 5.74) is 0. The van der Waals surface area contributed by atoms with Gasteiger partial charge in [-0.05, 0) is 50.9 Å². The highest BCUT2D eigenvalue weighted by atomic mass is 16.2. The Morgan fingerprint density at radius 2 is 1.69 bits per heavy atom. The van der Waals surface area contributed by atoms with Crippen LogP contribution in [0.3, 0.4) is 0 Å². The summed E-state index contributed by atoms with van der Waals surface area (Å²) in [5.74, 6) is 1.26. The molecular formula is C21H35N3O2. The van der Waals surface area contributed by atoms with Gasteiger partial charge in [-0.1, -0.05) is 26.7 Å². The summed E-state index contributed by atoms with van der Waals surface area (Å²) in [6, 6.07) is 2.39. The molecule has 1 N–H and O–H groups in total. The van der Waals surface area contributed by atoms with Crippen molar-refractivity contribution in [3.05, 3.63) is 0 Å². The fourth-order valence-corrected chi connectivity index (χ4v) is 4.18. The SMILES string of the molecule is CC(C)CCN(CCC#N)C(=O)C1CCC(NC(=O)C2CCCC2)CC1. The molecule has 5 nitrogen and oxygen atoms in total. The highest BCUT2D eigenvalue weighted by Gasteiger charge is 2.31. The van der Waals surface area contributed by atoms with Crippen LogP contribution in [0.5, 0.6) is 0 Å². The molecule has 0 aromatic heterocycles. The molecule has 0 radical (unpaired) electrons. The summed E-state index contributed by atoms with van der Waals surface area (Å²) in [5, 5.41) is 12.1. The minimum Gasteiger partial charge on any atom is -0.353 e. The lowest BCUT2D eigenvalue weighted by atomic mass is 9.84. The van der Waals surface area contributed by atoms with E-state index in [9.17, 15) is 9.59 Å². The third kappa shape index (κ3) is 6.30. The van der Waals surface area contributed by atoms with Gasteiger partial charge in [0.1, 0.15) is 0 Å². The molecule has 2 fully saturated rings. The number of hydrogen-bond acceptors (Lipinski definition) is 3. The second-order valence-corrected chi connectivity index (χ2v) is 8.45. The molecule has 0 aromatic rings. The fraction of sp³-hybridized carbons (Fsp3) is 0.857.